The molecule has 1 nitrogen and oxygen atoms in total. The van der Waals surface area contributed by atoms with Gasteiger partial charge in [0.2, 0.25) is 0 Å². The maximum atomic E-state index is 2.68. The summed E-state index contributed by atoms with van der Waals surface area (Å²) in [6.45, 7) is 4.98. The van der Waals surface area contributed by atoms with Gasteiger partial charge in [0.05, 0.1) is 0 Å². The number of rotatable bonds is 5. The molecule has 11 rings (SSSR count). The van der Waals surface area contributed by atoms with Gasteiger partial charge in [-0.25, -0.2) is 0 Å². The molecule has 1 heterocycles. The Morgan fingerprint density at radius 1 is 0.473 bits per heavy atom. The van der Waals surface area contributed by atoms with Gasteiger partial charge in [-0.1, -0.05) is 146 Å². The molecule has 0 spiro atoms. The minimum atomic E-state index is 0.0500. The van der Waals surface area contributed by atoms with E-state index in [9.17, 15) is 0 Å². The Bertz CT molecular complexity index is 2800. The molecule has 0 amide bonds. The molecule has 9 aromatic carbocycles. The molecule has 9 aromatic rings. The number of hydrogen-bond donors (Lipinski definition) is 0. The Hall–Kier alpha value is -6.18. The van der Waals surface area contributed by atoms with Gasteiger partial charge in [0, 0.05) is 22.8 Å². The molecule has 2 aliphatic rings. The molecule has 1 fully saturated rings. The average Bonchev–Trinajstić information content (AvgIpc) is 3.50. The summed E-state index contributed by atoms with van der Waals surface area (Å²) in [5.74, 6) is 1.18. The van der Waals surface area contributed by atoms with Crippen LogP contribution in [0.5, 0.6) is 0 Å². The normalized spacial score (nSPS) is 19.3. The van der Waals surface area contributed by atoms with Crippen LogP contribution in [-0.4, -0.2) is 5.54 Å². The van der Waals surface area contributed by atoms with Crippen LogP contribution in [0.2, 0.25) is 0 Å². The lowest BCUT2D eigenvalue weighted by Crippen LogP contribution is -2.46. The van der Waals surface area contributed by atoms with Crippen molar-refractivity contribution in [3.05, 3.63) is 181 Å². The zero-order valence-corrected chi connectivity index (χ0v) is 31.5. The van der Waals surface area contributed by atoms with E-state index in [1.54, 1.807) is 0 Å². The zero-order chi connectivity index (χ0) is 36.7. The van der Waals surface area contributed by atoms with Crippen molar-refractivity contribution in [2.45, 2.75) is 44.6 Å². The summed E-state index contributed by atoms with van der Waals surface area (Å²) in [5, 5.41) is 7.92. The molecule has 3 atom stereocenters. The zero-order valence-electron chi connectivity index (χ0n) is 31.5. The fourth-order valence-electron chi connectivity index (χ4n) is 10.5. The SMILES string of the molecule is CC1CCC2(C)C(C1)c1cc(-c3cc(-c4ccccc4)c4ccc5c(-c6ccccc6)cc(-c6ccccc6)c6ccc3c4c56)ccc1N2c1ccccc1. The molecule has 0 aromatic heterocycles. The Morgan fingerprint density at radius 2 is 0.909 bits per heavy atom. The monoisotopic (exact) mass is 705 g/mol. The van der Waals surface area contributed by atoms with Crippen LogP contribution in [0.3, 0.4) is 0 Å². The van der Waals surface area contributed by atoms with Gasteiger partial charge in [0.25, 0.3) is 0 Å². The van der Waals surface area contributed by atoms with Gasteiger partial charge in [0.1, 0.15) is 0 Å². The van der Waals surface area contributed by atoms with Gasteiger partial charge in [-0.3, -0.25) is 0 Å². The van der Waals surface area contributed by atoms with Crippen molar-refractivity contribution >= 4 is 43.7 Å². The summed E-state index contributed by atoms with van der Waals surface area (Å²) >= 11 is 0. The van der Waals surface area contributed by atoms with E-state index in [1.165, 1.54) is 113 Å². The first-order valence-corrected chi connectivity index (χ1v) is 20.0. The quantitative estimate of drug-likeness (QED) is 0.161. The summed E-state index contributed by atoms with van der Waals surface area (Å²) in [5.41, 5.74) is 14.4. The molecule has 1 heteroatoms. The molecule has 0 saturated heterocycles. The van der Waals surface area contributed by atoms with Crippen LogP contribution in [0.25, 0.3) is 76.8 Å². The summed E-state index contributed by atoms with van der Waals surface area (Å²) < 4.78 is 0. The highest BCUT2D eigenvalue weighted by Gasteiger charge is 2.51. The van der Waals surface area contributed by atoms with Gasteiger partial charge in [-0.05, 0) is 151 Å². The first kappa shape index (κ1) is 32.3. The minimum absolute atomic E-state index is 0.0500. The van der Waals surface area contributed by atoms with E-state index >= 15 is 0 Å². The van der Waals surface area contributed by atoms with Gasteiger partial charge in [0.15, 0.2) is 0 Å². The molecule has 264 valence electrons. The van der Waals surface area contributed by atoms with E-state index in [0.717, 1.165) is 0 Å². The number of nitrogens with zero attached hydrogens (tertiary/aromatic N) is 1. The highest BCUT2D eigenvalue weighted by molar-refractivity contribution is 6.32. The Labute approximate surface area is 323 Å². The average molecular weight is 706 g/mol. The van der Waals surface area contributed by atoms with Crippen LogP contribution in [0.15, 0.2) is 176 Å². The second kappa shape index (κ2) is 12.4. The molecule has 3 unspecified atom stereocenters. The lowest BCUT2D eigenvalue weighted by atomic mass is 9.69. The first-order chi connectivity index (χ1) is 27.1. The van der Waals surface area contributed by atoms with Crippen LogP contribution >= 0.6 is 0 Å². The van der Waals surface area contributed by atoms with Crippen molar-refractivity contribution in [3.8, 4) is 44.5 Å². The highest BCUT2D eigenvalue weighted by Crippen LogP contribution is 2.59. The van der Waals surface area contributed by atoms with Crippen molar-refractivity contribution in [3.63, 3.8) is 0 Å². The fourth-order valence-corrected chi connectivity index (χ4v) is 10.5. The second-order valence-corrected chi connectivity index (χ2v) is 16.3. The van der Waals surface area contributed by atoms with Gasteiger partial charge >= 0.3 is 0 Å². The molecule has 0 radical (unpaired) electrons. The number of benzene rings is 9. The molecule has 0 N–H and O–H groups in total. The summed E-state index contributed by atoms with van der Waals surface area (Å²) in [6, 6.07) is 65.9. The largest absolute Gasteiger partial charge is 0.335 e. The van der Waals surface area contributed by atoms with E-state index in [0.29, 0.717) is 11.8 Å². The number of para-hydroxylation sites is 1. The molecule has 55 heavy (non-hydrogen) atoms. The summed E-state index contributed by atoms with van der Waals surface area (Å²) in [4.78, 5) is 2.68. The predicted octanol–water partition coefficient (Wildman–Crippen LogP) is 15.1. The van der Waals surface area contributed by atoms with Crippen LogP contribution in [0, 0.1) is 5.92 Å². The topological polar surface area (TPSA) is 3.24 Å². The van der Waals surface area contributed by atoms with Gasteiger partial charge in [-0.15, -0.1) is 0 Å². The molecule has 1 aliphatic heterocycles. The van der Waals surface area contributed by atoms with Crippen LogP contribution < -0.4 is 4.90 Å². The second-order valence-electron chi connectivity index (χ2n) is 16.3. The van der Waals surface area contributed by atoms with Crippen molar-refractivity contribution in [2.24, 2.45) is 5.92 Å². The molecular formula is C54H43N. The van der Waals surface area contributed by atoms with Gasteiger partial charge in [-0.2, -0.15) is 0 Å². The van der Waals surface area contributed by atoms with E-state index in [-0.39, 0.29) is 5.54 Å². The number of hydrogen-bond acceptors (Lipinski definition) is 1. The smallest absolute Gasteiger partial charge is 0.0492 e. The summed E-state index contributed by atoms with van der Waals surface area (Å²) in [6.07, 6.45) is 3.68. The first-order valence-electron chi connectivity index (χ1n) is 20.0. The van der Waals surface area contributed by atoms with E-state index in [2.05, 4.69) is 195 Å². The van der Waals surface area contributed by atoms with Crippen molar-refractivity contribution in [1.82, 2.24) is 0 Å². The van der Waals surface area contributed by atoms with Crippen LogP contribution in [0.1, 0.15) is 44.6 Å². The Kier molecular flexibility index (Phi) is 7.29. The molecule has 1 aliphatic carbocycles. The lowest BCUT2D eigenvalue weighted by Gasteiger charge is -2.45. The third kappa shape index (κ3) is 4.92. The number of anilines is 2. The Balaban J connectivity index is 1.22. The van der Waals surface area contributed by atoms with Crippen molar-refractivity contribution in [1.29, 1.82) is 0 Å². The maximum absolute atomic E-state index is 2.68. The molecule has 1 saturated carbocycles. The predicted molar refractivity (Wildman–Crippen MR) is 235 cm³/mol. The highest BCUT2D eigenvalue weighted by atomic mass is 15.2. The van der Waals surface area contributed by atoms with E-state index in [4.69, 9.17) is 0 Å². The molecule has 0 bridgehead atoms. The minimum Gasteiger partial charge on any atom is -0.335 e. The van der Waals surface area contributed by atoms with Crippen LogP contribution in [0.4, 0.5) is 11.4 Å². The number of fused-ring (bicyclic) bond motifs is 3. The van der Waals surface area contributed by atoms with E-state index < -0.39 is 0 Å². The molecular weight excluding hydrogens is 663 g/mol. The fraction of sp³-hybridized carbons (Fsp3) is 0.148. The third-order valence-corrected chi connectivity index (χ3v) is 13.2. The van der Waals surface area contributed by atoms with Crippen molar-refractivity contribution in [2.75, 3.05) is 4.90 Å². The summed E-state index contributed by atoms with van der Waals surface area (Å²) in [7, 11) is 0. The van der Waals surface area contributed by atoms with Gasteiger partial charge < -0.3 is 4.90 Å². The van der Waals surface area contributed by atoms with Crippen LogP contribution in [-0.2, 0) is 0 Å². The lowest BCUT2D eigenvalue weighted by molar-refractivity contribution is 0.237. The van der Waals surface area contributed by atoms with Crippen molar-refractivity contribution < 1.29 is 0 Å². The third-order valence-electron chi connectivity index (χ3n) is 13.2. The standard InChI is InChI=1S/C54H43N/c1-35-29-30-54(2)50(31-35)49-32-39(23-28-51(49)55(54)40-21-13-6-14-22-40)48-34-47(38-19-11-5-12-20-38)43-25-24-41-45(36-15-7-3-8-16-36)33-46(37-17-9-4-10-18-37)42-26-27-44(48)53(43)52(41)42/h3-28,32-35,50H,29-31H2,1-2H3. The van der Waals surface area contributed by atoms with E-state index in [1.807, 2.05) is 0 Å². The maximum Gasteiger partial charge on any atom is 0.0492 e. The Morgan fingerprint density at radius 3 is 1.38 bits per heavy atom.